The first kappa shape index (κ1) is 19.7. The van der Waals surface area contributed by atoms with Crippen molar-refractivity contribution in [3.05, 3.63) is 65.7 Å². The van der Waals surface area contributed by atoms with E-state index in [1.165, 1.54) is 48.4 Å². The average molecular weight is 330 g/mol. The van der Waals surface area contributed by atoms with Gasteiger partial charge in [-0.2, -0.15) is 0 Å². The molecule has 2 rings (SSSR count). The van der Waals surface area contributed by atoms with Gasteiger partial charge in [-0.25, -0.2) is 4.79 Å². The quantitative estimate of drug-likeness (QED) is 0.782. The SMILES string of the molecule is CC[N+](CC)(CC)Cc1ccccc1.O=C(O)c1ccccc1O. The Morgan fingerprint density at radius 2 is 1.38 bits per heavy atom. The second-order valence-electron chi connectivity index (χ2n) is 5.76. The molecule has 0 amide bonds. The molecule has 2 aromatic carbocycles. The number of hydrogen-bond acceptors (Lipinski definition) is 2. The van der Waals surface area contributed by atoms with E-state index in [0.717, 1.165) is 0 Å². The molecule has 0 bridgehead atoms. The summed E-state index contributed by atoms with van der Waals surface area (Å²) in [4.78, 5) is 10.3. The molecular formula is C20H28NO3+. The largest absolute Gasteiger partial charge is 0.507 e. The molecule has 0 fully saturated rings. The van der Waals surface area contributed by atoms with Crippen LogP contribution in [-0.2, 0) is 6.54 Å². The zero-order chi connectivity index (χ0) is 18.0. The monoisotopic (exact) mass is 330 g/mol. The summed E-state index contributed by atoms with van der Waals surface area (Å²) >= 11 is 0. The Bertz CT molecular complexity index is 614. The van der Waals surface area contributed by atoms with Crippen LogP contribution in [0.3, 0.4) is 0 Å². The Kier molecular flexibility index (Phi) is 7.99. The van der Waals surface area contributed by atoms with Crippen LogP contribution in [0.4, 0.5) is 0 Å². The van der Waals surface area contributed by atoms with Gasteiger partial charge in [-0.3, -0.25) is 0 Å². The number of quaternary nitrogens is 1. The first-order valence-electron chi connectivity index (χ1n) is 8.38. The molecule has 0 aliphatic carbocycles. The van der Waals surface area contributed by atoms with E-state index < -0.39 is 5.97 Å². The number of nitrogens with zero attached hydrogens (tertiary/aromatic N) is 1. The molecular weight excluding hydrogens is 302 g/mol. The number of benzene rings is 2. The third kappa shape index (κ3) is 5.70. The number of carbonyl (C=O) groups is 1. The van der Waals surface area contributed by atoms with E-state index in [2.05, 4.69) is 51.1 Å². The summed E-state index contributed by atoms with van der Waals surface area (Å²) in [5.74, 6) is -1.31. The lowest BCUT2D eigenvalue weighted by molar-refractivity contribution is -0.936. The molecule has 0 aromatic heterocycles. The van der Waals surface area contributed by atoms with E-state index in [1.54, 1.807) is 12.1 Å². The zero-order valence-corrected chi connectivity index (χ0v) is 14.8. The van der Waals surface area contributed by atoms with Crippen molar-refractivity contribution in [2.24, 2.45) is 0 Å². The van der Waals surface area contributed by atoms with Gasteiger partial charge in [-0.05, 0) is 32.9 Å². The van der Waals surface area contributed by atoms with Crippen LogP contribution in [0, 0.1) is 0 Å². The van der Waals surface area contributed by atoms with Gasteiger partial charge >= 0.3 is 5.97 Å². The van der Waals surface area contributed by atoms with E-state index in [9.17, 15) is 4.79 Å². The Hall–Kier alpha value is -2.33. The molecule has 0 heterocycles. The topological polar surface area (TPSA) is 57.5 Å². The molecule has 0 spiro atoms. The first-order valence-corrected chi connectivity index (χ1v) is 8.38. The summed E-state index contributed by atoms with van der Waals surface area (Å²) in [7, 11) is 0. The van der Waals surface area contributed by atoms with Crippen molar-refractivity contribution in [1.82, 2.24) is 0 Å². The van der Waals surface area contributed by atoms with Crippen LogP contribution in [0.15, 0.2) is 54.6 Å². The lowest BCUT2D eigenvalue weighted by atomic mass is 10.2. The van der Waals surface area contributed by atoms with E-state index in [1.807, 2.05) is 0 Å². The van der Waals surface area contributed by atoms with Crippen LogP contribution in [0.25, 0.3) is 0 Å². The van der Waals surface area contributed by atoms with Gasteiger partial charge in [0.05, 0.1) is 19.6 Å². The van der Waals surface area contributed by atoms with Crippen molar-refractivity contribution in [3.8, 4) is 5.75 Å². The van der Waals surface area contributed by atoms with Gasteiger partial charge in [0, 0.05) is 5.56 Å². The third-order valence-corrected chi connectivity index (χ3v) is 4.51. The maximum absolute atomic E-state index is 10.3. The minimum Gasteiger partial charge on any atom is -0.507 e. The highest BCUT2D eigenvalue weighted by molar-refractivity contribution is 5.90. The van der Waals surface area contributed by atoms with Crippen molar-refractivity contribution in [3.63, 3.8) is 0 Å². The normalized spacial score (nSPS) is 10.6. The van der Waals surface area contributed by atoms with Crippen LogP contribution in [-0.4, -0.2) is 40.3 Å². The van der Waals surface area contributed by atoms with Crippen LogP contribution >= 0.6 is 0 Å². The van der Waals surface area contributed by atoms with Gasteiger partial charge in [0.2, 0.25) is 0 Å². The number of carboxylic acid groups (broad SMARTS) is 1. The highest BCUT2D eigenvalue weighted by Crippen LogP contribution is 2.14. The van der Waals surface area contributed by atoms with E-state index in [-0.39, 0.29) is 11.3 Å². The fraction of sp³-hybridized carbons (Fsp3) is 0.350. The van der Waals surface area contributed by atoms with Gasteiger partial charge in [-0.1, -0.05) is 42.5 Å². The lowest BCUT2D eigenvalue weighted by Crippen LogP contribution is -2.46. The van der Waals surface area contributed by atoms with Crippen molar-refractivity contribution < 1.29 is 19.5 Å². The first-order chi connectivity index (χ1) is 11.5. The Balaban J connectivity index is 0.000000254. The third-order valence-electron chi connectivity index (χ3n) is 4.51. The number of aromatic carboxylic acids is 1. The van der Waals surface area contributed by atoms with Crippen molar-refractivity contribution >= 4 is 5.97 Å². The second-order valence-corrected chi connectivity index (χ2v) is 5.76. The van der Waals surface area contributed by atoms with Crippen molar-refractivity contribution in [1.29, 1.82) is 0 Å². The molecule has 0 atom stereocenters. The molecule has 0 unspecified atom stereocenters. The van der Waals surface area contributed by atoms with E-state index in [0.29, 0.717) is 0 Å². The van der Waals surface area contributed by atoms with Crippen LogP contribution < -0.4 is 0 Å². The van der Waals surface area contributed by atoms with Crippen LogP contribution in [0.5, 0.6) is 5.75 Å². The predicted molar refractivity (Wildman–Crippen MR) is 97.1 cm³/mol. The minimum absolute atomic E-state index is 0.0671. The molecule has 0 radical (unpaired) electrons. The van der Waals surface area contributed by atoms with Crippen LogP contribution in [0.1, 0.15) is 36.7 Å². The summed E-state index contributed by atoms with van der Waals surface area (Å²) in [6.07, 6.45) is 0. The average Bonchev–Trinajstić information content (AvgIpc) is 2.61. The fourth-order valence-electron chi connectivity index (χ4n) is 2.63. The number of aromatic hydroxyl groups is 1. The number of hydrogen-bond donors (Lipinski definition) is 2. The van der Waals surface area contributed by atoms with Crippen LogP contribution in [0.2, 0.25) is 0 Å². The Morgan fingerprint density at radius 1 is 0.875 bits per heavy atom. The van der Waals surface area contributed by atoms with Gasteiger partial charge in [-0.15, -0.1) is 0 Å². The fourth-order valence-corrected chi connectivity index (χ4v) is 2.63. The van der Waals surface area contributed by atoms with Gasteiger partial charge in [0.15, 0.2) is 0 Å². The van der Waals surface area contributed by atoms with Gasteiger partial charge < -0.3 is 14.7 Å². The van der Waals surface area contributed by atoms with Gasteiger partial charge in [0.25, 0.3) is 0 Å². The molecule has 4 heteroatoms. The molecule has 4 nitrogen and oxygen atoms in total. The maximum atomic E-state index is 10.3. The summed E-state index contributed by atoms with van der Waals surface area (Å²) in [5, 5.41) is 17.3. The number of phenols is 1. The zero-order valence-electron chi connectivity index (χ0n) is 14.8. The standard InChI is InChI=1S/C13H22N.C7H6O3/c1-4-14(5-2,6-3)12-13-10-8-7-9-11-13;8-6-4-2-1-3-5(6)7(9)10/h7-11H,4-6,12H2,1-3H3;1-4,8H,(H,9,10)/q+1;. The van der Waals surface area contributed by atoms with E-state index >= 15 is 0 Å². The van der Waals surface area contributed by atoms with E-state index in [4.69, 9.17) is 10.2 Å². The highest BCUT2D eigenvalue weighted by Gasteiger charge is 2.20. The van der Waals surface area contributed by atoms with Crippen molar-refractivity contribution in [2.45, 2.75) is 27.3 Å². The molecule has 0 saturated heterocycles. The molecule has 0 aliphatic rings. The highest BCUT2D eigenvalue weighted by atomic mass is 16.4. The predicted octanol–water partition coefficient (Wildman–Crippen LogP) is 4.15. The van der Waals surface area contributed by atoms with Crippen molar-refractivity contribution in [2.75, 3.05) is 19.6 Å². The second kappa shape index (κ2) is 9.73. The number of carboxylic acids is 1. The molecule has 2 aromatic rings. The summed E-state index contributed by atoms with van der Waals surface area (Å²) in [6.45, 7) is 11.7. The Labute approximate surface area is 144 Å². The smallest absolute Gasteiger partial charge is 0.339 e. The molecule has 0 aliphatic heterocycles. The maximum Gasteiger partial charge on any atom is 0.339 e. The lowest BCUT2D eigenvalue weighted by Gasteiger charge is -2.35. The number of para-hydroxylation sites is 1. The molecule has 130 valence electrons. The summed E-state index contributed by atoms with van der Waals surface area (Å²) < 4.78 is 1.20. The molecule has 2 N–H and O–H groups in total. The minimum atomic E-state index is -1.11. The summed E-state index contributed by atoms with van der Waals surface area (Å²) in [6, 6.07) is 16.6. The Morgan fingerprint density at radius 3 is 1.79 bits per heavy atom. The molecule has 24 heavy (non-hydrogen) atoms. The van der Waals surface area contributed by atoms with Gasteiger partial charge in [0.1, 0.15) is 17.9 Å². The number of rotatable bonds is 6. The summed E-state index contributed by atoms with van der Waals surface area (Å²) in [5.41, 5.74) is 1.39. The molecule has 0 saturated carbocycles.